The molecule has 1 aromatic rings. The highest BCUT2D eigenvalue weighted by Gasteiger charge is 2.42. The Morgan fingerprint density at radius 2 is 0.593 bits per heavy atom. The lowest BCUT2D eigenvalue weighted by molar-refractivity contribution is -0.213. The highest BCUT2D eigenvalue weighted by atomic mass is 16.6. The molecule has 0 bridgehead atoms. The third-order valence-corrected chi connectivity index (χ3v) is 12.1. The molecule has 0 amide bonds. The van der Waals surface area contributed by atoms with E-state index in [1.807, 2.05) is 83.1 Å². The summed E-state index contributed by atoms with van der Waals surface area (Å²) in [6.07, 6.45) is 1.18. The van der Waals surface area contributed by atoms with Gasteiger partial charge in [0.2, 0.25) is 0 Å². The van der Waals surface area contributed by atoms with Gasteiger partial charge in [0.05, 0.1) is 16.7 Å². The van der Waals surface area contributed by atoms with Gasteiger partial charge in [-0.15, -0.1) is 0 Å². The Hall–Kier alpha value is -2.61. The average molecular weight is 760 g/mol. The van der Waals surface area contributed by atoms with Crippen molar-refractivity contribution in [2.24, 2.45) is 35.5 Å². The first-order valence-corrected chi connectivity index (χ1v) is 20.4. The van der Waals surface area contributed by atoms with Crippen LogP contribution < -0.4 is 0 Å². The minimum atomic E-state index is -0.679. The molecule has 12 heteroatoms. The number of hydrogen-bond donors (Lipinski definition) is 3. The third kappa shape index (κ3) is 10.4. The summed E-state index contributed by atoms with van der Waals surface area (Å²) >= 11 is 0. The van der Waals surface area contributed by atoms with Crippen molar-refractivity contribution in [3.63, 3.8) is 0 Å². The van der Waals surface area contributed by atoms with Gasteiger partial charge in [-0.3, -0.25) is 0 Å². The number of hydrogen-bond acceptors (Lipinski definition) is 12. The lowest BCUT2D eigenvalue weighted by Gasteiger charge is -2.44. The molecule has 3 saturated heterocycles. The summed E-state index contributed by atoms with van der Waals surface area (Å²) in [6.45, 7) is 24.3. The van der Waals surface area contributed by atoms with Gasteiger partial charge < -0.3 is 29.8 Å². The molecular formula is C42H69N3O9. The van der Waals surface area contributed by atoms with Gasteiger partial charge >= 0.3 is 17.9 Å². The summed E-state index contributed by atoms with van der Waals surface area (Å²) in [7, 11) is 0. The molecule has 4 rings (SSSR count). The molecule has 0 spiro atoms. The van der Waals surface area contributed by atoms with E-state index in [-0.39, 0.29) is 88.4 Å². The maximum absolute atomic E-state index is 14.0. The third-order valence-electron chi connectivity index (χ3n) is 12.1. The maximum Gasteiger partial charge on any atom is 0.338 e. The Kier molecular flexibility index (Phi) is 15.2. The number of hydroxylamine groups is 6. The molecule has 0 radical (unpaired) electrons. The molecule has 3 N–H and O–H groups in total. The molecule has 306 valence electrons. The Morgan fingerprint density at radius 1 is 0.426 bits per heavy atom. The normalized spacial score (nSPS) is 30.5. The van der Waals surface area contributed by atoms with E-state index in [9.17, 15) is 30.0 Å². The van der Waals surface area contributed by atoms with Crippen LogP contribution in [0.4, 0.5) is 0 Å². The Morgan fingerprint density at radius 3 is 0.741 bits per heavy atom. The molecule has 3 fully saturated rings. The Balaban J connectivity index is 1.65. The van der Waals surface area contributed by atoms with Crippen LogP contribution in [0.2, 0.25) is 0 Å². The summed E-state index contributed by atoms with van der Waals surface area (Å²) in [4.78, 5) is 41.9. The van der Waals surface area contributed by atoms with Crippen molar-refractivity contribution in [1.29, 1.82) is 0 Å². The Labute approximate surface area is 323 Å². The molecule has 6 unspecified atom stereocenters. The topological polar surface area (TPSA) is 149 Å². The largest absolute Gasteiger partial charge is 0.459 e. The van der Waals surface area contributed by atoms with E-state index in [0.717, 1.165) is 0 Å². The van der Waals surface area contributed by atoms with Crippen molar-refractivity contribution in [1.82, 2.24) is 15.2 Å². The fourth-order valence-corrected chi connectivity index (χ4v) is 8.68. The highest BCUT2D eigenvalue weighted by Crippen LogP contribution is 2.35. The molecular weight excluding hydrogens is 690 g/mol. The van der Waals surface area contributed by atoms with Crippen LogP contribution in [0.25, 0.3) is 0 Å². The smallest absolute Gasteiger partial charge is 0.338 e. The van der Waals surface area contributed by atoms with Crippen LogP contribution in [0, 0.1) is 35.5 Å². The fraction of sp³-hybridized carbons (Fsp3) is 0.786. The second-order valence-corrected chi connectivity index (χ2v) is 18.3. The number of carbonyl (C=O) groups excluding carboxylic acids is 3. The van der Waals surface area contributed by atoms with Gasteiger partial charge in [0.25, 0.3) is 0 Å². The van der Waals surface area contributed by atoms with E-state index >= 15 is 0 Å². The van der Waals surface area contributed by atoms with Crippen LogP contribution in [-0.2, 0) is 14.2 Å². The van der Waals surface area contributed by atoms with Gasteiger partial charge in [-0.1, -0.05) is 83.1 Å². The van der Waals surface area contributed by atoms with Crippen LogP contribution in [0.15, 0.2) is 18.2 Å². The molecule has 0 aromatic heterocycles. The predicted molar refractivity (Wildman–Crippen MR) is 204 cm³/mol. The number of piperidine rings is 3. The van der Waals surface area contributed by atoms with Crippen molar-refractivity contribution >= 4 is 17.9 Å². The average Bonchev–Trinajstić information content (AvgIpc) is 3.09. The number of nitrogens with zero attached hydrogens (tertiary/aromatic N) is 3. The fourth-order valence-electron chi connectivity index (χ4n) is 8.68. The standard InChI is InChI=1S/C42H69N3O9/c1-22(2)34-16-31(17-35(23(3)4)43(34)49)52-40(46)28-13-29(41(47)53-32-18-36(24(5)6)44(50)37(19-32)25(7)8)15-30(14-28)42(48)54-33-20-38(26(9)10)45(51)39(21-33)27(11)12/h13-15,22-27,31-39,49-51H,16-21H2,1-12H3. The molecule has 12 nitrogen and oxygen atoms in total. The molecule has 3 heterocycles. The first-order chi connectivity index (χ1) is 25.2. The number of carbonyl (C=O) groups is 3. The van der Waals surface area contributed by atoms with Crippen LogP contribution in [0.1, 0.15) is 153 Å². The van der Waals surface area contributed by atoms with Crippen LogP contribution >= 0.6 is 0 Å². The second-order valence-electron chi connectivity index (χ2n) is 18.3. The van der Waals surface area contributed by atoms with E-state index in [2.05, 4.69) is 0 Å². The highest BCUT2D eigenvalue weighted by molar-refractivity contribution is 6.00. The van der Waals surface area contributed by atoms with Gasteiger partial charge in [-0.05, 0) is 53.7 Å². The van der Waals surface area contributed by atoms with Crippen molar-refractivity contribution < 1.29 is 44.2 Å². The van der Waals surface area contributed by atoms with Crippen molar-refractivity contribution in [3.8, 4) is 0 Å². The molecule has 54 heavy (non-hydrogen) atoms. The zero-order valence-corrected chi connectivity index (χ0v) is 34.8. The van der Waals surface area contributed by atoms with Gasteiger partial charge in [-0.25, -0.2) is 14.4 Å². The molecule has 0 saturated carbocycles. The van der Waals surface area contributed by atoms with Crippen molar-refractivity contribution in [3.05, 3.63) is 34.9 Å². The van der Waals surface area contributed by atoms with Gasteiger partial charge in [-0.2, -0.15) is 15.2 Å². The SMILES string of the molecule is CC(C)C1CC(OC(=O)c2cc(C(=O)OC3CC(C(C)C)N(O)C(C(C)C)C3)cc(C(=O)OC3CC(C(C)C)N(O)C(C(C)C)C3)c2)CC(C(C)C)N1O. The van der Waals surface area contributed by atoms with Crippen LogP contribution in [-0.4, -0.2) is 103 Å². The monoisotopic (exact) mass is 760 g/mol. The summed E-state index contributed by atoms with van der Waals surface area (Å²) < 4.78 is 18.3. The molecule has 3 aliphatic rings. The predicted octanol–water partition coefficient (Wildman–Crippen LogP) is 7.87. The maximum atomic E-state index is 14.0. The van der Waals surface area contributed by atoms with Gasteiger partial charge in [0.1, 0.15) is 18.3 Å². The van der Waals surface area contributed by atoms with E-state index in [4.69, 9.17) is 14.2 Å². The van der Waals surface area contributed by atoms with Crippen LogP contribution in [0.5, 0.6) is 0 Å². The minimum Gasteiger partial charge on any atom is -0.459 e. The number of ether oxygens (including phenoxy) is 3. The zero-order valence-electron chi connectivity index (χ0n) is 34.8. The quantitative estimate of drug-likeness (QED) is 0.141. The van der Waals surface area contributed by atoms with Gasteiger partial charge in [0.15, 0.2) is 0 Å². The van der Waals surface area contributed by atoms with E-state index in [1.54, 1.807) is 0 Å². The van der Waals surface area contributed by atoms with E-state index < -0.39 is 36.2 Å². The van der Waals surface area contributed by atoms with Crippen LogP contribution in [0.3, 0.4) is 0 Å². The number of esters is 3. The van der Waals surface area contributed by atoms with E-state index in [1.165, 1.54) is 33.4 Å². The number of rotatable bonds is 12. The molecule has 1 aromatic carbocycles. The number of benzene rings is 1. The molecule has 3 aliphatic heterocycles. The molecule has 0 aliphatic carbocycles. The Bertz CT molecular complexity index is 1200. The first kappa shape index (κ1) is 44.1. The van der Waals surface area contributed by atoms with Crippen molar-refractivity contribution in [2.45, 2.75) is 176 Å². The lowest BCUT2D eigenvalue weighted by Crippen LogP contribution is -2.53. The van der Waals surface area contributed by atoms with Crippen molar-refractivity contribution in [2.75, 3.05) is 0 Å². The molecule has 6 atom stereocenters. The summed E-state index contributed by atoms with van der Waals surface area (Å²) in [5, 5.41) is 37.2. The van der Waals surface area contributed by atoms with Gasteiger partial charge in [0, 0.05) is 74.8 Å². The second kappa shape index (κ2) is 18.6. The zero-order chi connectivity index (χ0) is 40.3. The summed E-state index contributed by atoms with van der Waals surface area (Å²) in [5.41, 5.74) is 0.0850. The van der Waals surface area contributed by atoms with E-state index in [0.29, 0.717) is 38.5 Å². The summed E-state index contributed by atoms with van der Waals surface area (Å²) in [6, 6.07) is 2.99. The summed E-state index contributed by atoms with van der Waals surface area (Å²) in [5.74, 6) is -1.35. The minimum absolute atomic E-state index is 0.0283. The lowest BCUT2D eigenvalue weighted by atomic mass is 9.84. The first-order valence-electron chi connectivity index (χ1n) is 20.4.